The Bertz CT molecular complexity index is 1700. The first-order chi connectivity index (χ1) is 20.0. The molecule has 0 aliphatic heterocycles. The average molecular weight is 610 g/mol. The largest absolute Gasteiger partial charge is 0.481 e. The molecular formula is C29H24FN3O7S2. The number of carbonyl (C=O) groups excluding carboxylic acids is 1. The molecule has 0 unspecified atom stereocenters. The molecule has 216 valence electrons. The van der Waals surface area contributed by atoms with E-state index in [4.69, 9.17) is 0 Å². The van der Waals surface area contributed by atoms with Crippen molar-refractivity contribution >= 4 is 45.0 Å². The molecule has 0 radical (unpaired) electrons. The first-order valence-corrected chi connectivity index (χ1v) is 14.9. The summed E-state index contributed by atoms with van der Waals surface area (Å²) in [5.41, 5.74) is 0.720. The van der Waals surface area contributed by atoms with Crippen molar-refractivity contribution in [1.29, 1.82) is 0 Å². The minimum absolute atomic E-state index is 0.0182. The second-order valence-electron chi connectivity index (χ2n) is 9.02. The topological polar surface area (TPSA) is 156 Å². The summed E-state index contributed by atoms with van der Waals surface area (Å²) in [5.74, 6) is -2.20. The zero-order valence-corrected chi connectivity index (χ0v) is 23.4. The molecule has 13 heteroatoms. The molecule has 1 atom stereocenters. The summed E-state index contributed by atoms with van der Waals surface area (Å²) < 4.78 is 41.0. The van der Waals surface area contributed by atoms with E-state index < -0.39 is 49.3 Å². The van der Waals surface area contributed by atoms with Gasteiger partial charge in [-0.15, -0.1) is 11.8 Å². The number of carbonyl (C=O) groups is 2. The van der Waals surface area contributed by atoms with Crippen molar-refractivity contribution in [3.8, 4) is 11.1 Å². The van der Waals surface area contributed by atoms with E-state index >= 15 is 0 Å². The molecular weight excluding hydrogens is 585 g/mol. The maximum Gasteiger partial charge on any atom is 0.305 e. The van der Waals surface area contributed by atoms with Crippen LogP contribution < -0.4 is 10.0 Å². The lowest BCUT2D eigenvalue weighted by Crippen LogP contribution is -2.30. The highest BCUT2D eigenvalue weighted by molar-refractivity contribution is 7.99. The molecule has 0 aliphatic carbocycles. The summed E-state index contributed by atoms with van der Waals surface area (Å²) in [6, 6.07) is 23.2. The van der Waals surface area contributed by atoms with Gasteiger partial charge in [-0.25, -0.2) is 17.5 Å². The van der Waals surface area contributed by atoms with Crippen molar-refractivity contribution < 1.29 is 32.4 Å². The number of rotatable bonds is 12. The maximum atomic E-state index is 13.2. The fraction of sp³-hybridized carbons (Fsp3) is 0.103. The Hall–Kier alpha value is -4.75. The Balaban J connectivity index is 1.50. The molecule has 4 aromatic rings. The molecule has 4 rings (SSSR count). The van der Waals surface area contributed by atoms with E-state index in [1.165, 1.54) is 36.0 Å². The number of nitro benzene ring substituents is 1. The van der Waals surface area contributed by atoms with Gasteiger partial charge < -0.3 is 10.4 Å². The number of sulfonamides is 1. The SMILES string of the molecule is O=C(O)C[C@H](CSc1ccccc1)Nc1ccc(S(=O)(=O)NC(=O)c2ccc(-c3ccc(F)cc3)cc2)cc1[N+](=O)[O-]. The van der Waals surface area contributed by atoms with Crippen LogP contribution in [0.1, 0.15) is 16.8 Å². The lowest BCUT2D eigenvalue weighted by atomic mass is 10.0. The van der Waals surface area contributed by atoms with Gasteiger partial charge in [-0.2, -0.15) is 0 Å². The van der Waals surface area contributed by atoms with E-state index in [1.54, 1.807) is 24.3 Å². The van der Waals surface area contributed by atoms with Crippen molar-refractivity contribution in [2.24, 2.45) is 0 Å². The van der Waals surface area contributed by atoms with Crippen LogP contribution in [-0.2, 0) is 14.8 Å². The van der Waals surface area contributed by atoms with Crippen LogP contribution in [0.15, 0.2) is 107 Å². The summed E-state index contributed by atoms with van der Waals surface area (Å²) in [5, 5.41) is 24.0. The van der Waals surface area contributed by atoms with E-state index in [-0.39, 0.29) is 23.4 Å². The number of benzene rings is 4. The fourth-order valence-electron chi connectivity index (χ4n) is 3.94. The molecule has 0 saturated heterocycles. The Morgan fingerprint density at radius 3 is 2.14 bits per heavy atom. The molecule has 0 heterocycles. The summed E-state index contributed by atoms with van der Waals surface area (Å²) in [7, 11) is -4.51. The van der Waals surface area contributed by atoms with Crippen molar-refractivity contribution in [1.82, 2.24) is 4.72 Å². The van der Waals surface area contributed by atoms with Crippen molar-refractivity contribution in [2.75, 3.05) is 11.1 Å². The predicted molar refractivity (Wildman–Crippen MR) is 156 cm³/mol. The third-order valence-electron chi connectivity index (χ3n) is 6.00. The Morgan fingerprint density at radius 2 is 1.55 bits per heavy atom. The van der Waals surface area contributed by atoms with Crippen LogP contribution in [0.4, 0.5) is 15.8 Å². The first kappa shape index (κ1) is 30.2. The number of halogens is 1. The number of nitrogens with zero attached hydrogens (tertiary/aromatic N) is 1. The van der Waals surface area contributed by atoms with Crippen LogP contribution in [-0.4, -0.2) is 42.1 Å². The highest BCUT2D eigenvalue weighted by atomic mass is 32.2. The number of amides is 1. The monoisotopic (exact) mass is 609 g/mol. The number of hydrogen-bond acceptors (Lipinski definition) is 8. The number of thioether (sulfide) groups is 1. The number of anilines is 1. The zero-order chi connectivity index (χ0) is 30.3. The minimum atomic E-state index is -4.51. The van der Waals surface area contributed by atoms with Crippen LogP contribution >= 0.6 is 11.8 Å². The van der Waals surface area contributed by atoms with E-state index in [2.05, 4.69) is 5.32 Å². The normalized spacial score (nSPS) is 11.8. The standard InChI is InChI=1S/C29H24FN3O7S2/c30-22-12-10-20(11-13-22)19-6-8-21(9-7-19)29(36)32-42(39,40)25-14-15-26(27(17-25)33(37)38)31-23(16-28(34)35)18-41-24-4-2-1-3-5-24/h1-15,17,23,31H,16,18H2,(H,32,36)(H,34,35)/t23-/m1/s1. The number of nitrogens with one attached hydrogen (secondary N) is 2. The lowest BCUT2D eigenvalue weighted by molar-refractivity contribution is -0.384. The summed E-state index contributed by atoms with van der Waals surface area (Å²) in [6.07, 6.45) is -0.340. The van der Waals surface area contributed by atoms with Crippen LogP contribution in [0.2, 0.25) is 0 Å². The molecule has 1 amide bonds. The Kier molecular flexibility index (Phi) is 9.55. The van der Waals surface area contributed by atoms with Crippen molar-refractivity contribution in [3.05, 3.63) is 119 Å². The molecule has 3 N–H and O–H groups in total. The highest BCUT2D eigenvalue weighted by Gasteiger charge is 2.25. The minimum Gasteiger partial charge on any atom is -0.481 e. The number of carboxylic acid groups (broad SMARTS) is 1. The molecule has 0 bridgehead atoms. The van der Waals surface area contributed by atoms with Gasteiger partial charge in [-0.05, 0) is 59.7 Å². The molecule has 0 aliphatic rings. The van der Waals surface area contributed by atoms with Crippen LogP contribution in [0.3, 0.4) is 0 Å². The van der Waals surface area contributed by atoms with Gasteiger partial charge in [-0.3, -0.25) is 19.7 Å². The van der Waals surface area contributed by atoms with Gasteiger partial charge in [-0.1, -0.05) is 42.5 Å². The summed E-state index contributed by atoms with van der Waals surface area (Å²) in [6.45, 7) is 0. The van der Waals surface area contributed by atoms with Crippen molar-refractivity contribution in [2.45, 2.75) is 22.3 Å². The summed E-state index contributed by atoms with van der Waals surface area (Å²) >= 11 is 1.36. The molecule has 42 heavy (non-hydrogen) atoms. The second-order valence-corrected chi connectivity index (χ2v) is 11.8. The molecule has 0 aromatic heterocycles. The van der Waals surface area contributed by atoms with E-state index in [9.17, 15) is 37.6 Å². The van der Waals surface area contributed by atoms with Gasteiger partial charge in [0.1, 0.15) is 11.5 Å². The number of nitro groups is 1. The number of aliphatic carboxylic acids is 1. The van der Waals surface area contributed by atoms with Crippen molar-refractivity contribution in [3.63, 3.8) is 0 Å². The number of hydrogen-bond donors (Lipinski definition) is 3. The quantitative estimate of drug-likeness (QED) is 0.106. The van der Waals surface area contributed by atoms with Crippen LogP contribution in [0.5, 0.6) is 0 Å². The van der Waals surface area contributed by atoms with Gasteiger partial charge >= 0.3 is 5.97 Å². The lowest BCUT2D eigenvalue weighted by Gasteiger charge is -2.18. The van der Waals surface area contributed by atoms with Crippen LogP contribution in [0, 0.1) is 15.9 Å². The summed E-state index contributed by atoms with van der Waals surface area (Å²) in [4.78, 5) is 35.5. The zero-order valence-electron chi connectivity index (χ0n) is 21.8. The molecule has 0 saturated carbocycles. The molecule has 10 nitrogen and oxygen atoms in total. The average Bonchev–Trinajstić information content (AvgIpc) is 2.96. The van der Waals surface area contributed by atoms with Gasteiger partial charge in [0.25, 0.3) is 21.6 Å². The fourth-order valence-corrected chi connectivity index (χ4v) is 5.88. The second kappa shape index (κ2) is 13.3. The van der Waals surface area contributed by atoms with Gasteiger partial charge in [0.15, 0.2) is 0 Å². The Labute approximate surface area is 244 Å². The Morgan fingerprint density at radius 1 is 0.929 bits per heavy atom. The third kappa shape index (κ3) is 7.92. The first-order valence-electron chi connectivity index (χ1n) is 12.4. The van der Waals surface area contributed by atoms with E-state index in [0.29, 0.717) is 11.1 Å². The van der Waals surface area contributed by atoms with E-state index in [1.807, 2.05) is 35.1 Å². The predicted octanol–water partition coefficient (Wildman–Crippen LogP) is 5.57. The van der Waals surface area contributed by atoms with E-state index in [0.717, 1.165) is 23.1 Å². The van der Waals surface area contributed by atoms with Gasteiger partial charge in [0.05, 0.1) is 16.2 Å². The van der Waals surface area contributed by atoms with Gasteiger partial charge in [0, 0.05) is 28.3 Å². The number of carboxylic acids is 1. The molecule has 0 spiro atoms. The molecule has 0 fully saturated rings. The molecule has 4 aromatic carbocycles. The smallest absolute Gasteiger partial charge is 0.305 e. The highest BCUT2D eigenvalue weighted by Crippen LogP contribution is 2.30. The van der Waals surface area contributed by atoms with Crippen LogP contribution in [0.25, 0.3) is 11.1 Å². The van der Waals surface area contributed by atoms with Gasteiger partial charge in [0.2, 0.25) is 0 Å². The maximum absolute atomic E-state index is 13.2. The third-order valence-corrected chi connectivity index (χ3v) is 8.51.